The van der Waals surface area contributed by atoms with Crippen LogP contribution in [-0.4, -0.2) is 12.2 Å². The van der Waals surface area contributed by atoms with Crippen LogP contribution in [0.4, 0.5) is 0 Å². The van der Waals surface area contributed by atoms with E-state index in [1.807, 2.05) is 24.3 Å². The van der Waals surface area contributed by atoms with Gasteiger partial charge in [-0.1, -0.05) is 63.6 Å². The molecule has 2 heteroatoms. The summed E-state index contributed by atoms with van der Waals surface area (Å²) in [7, 11) is 1.65. The van der Waals surface area contributed by atoms with Gasteiger partial charge in [0.2, 0.25) is 0 Å². The normalized spacial score (nSPS) is 12.4. The minimum atomic E-state index is -0.396. The van der Waals surface area contributed by atoms with Gasteiger partial charge in [-0.05, 0) is 12.5 Å². The molecule has 1 unspecified atom stereocenters. The Labute approximate surface area is 111 Å². The summed E-state index contributed by atoms with van der Waals surface area (Å²) >= 11 is 0. The molecule has 0 aliphatic rings. The molecule has 1 N–H and O–H groups in total. The number of hydrogen-bond acceptors (Lipinski definition) is 2. The second kappa shape index (κ2) is 8.98. The van der Waals surface area contributed by atoms with Gasteiger partial charge in [0, 0.05) is 5.56 Å². The van der Waals surface area contributed by atoms with Crippen LogP contribution in [0.25, 0.3) is 0 Å². The molecule has 0 fully saturated rings. The Morgan fingerprint density at radius 1 is 1.06 bits per heavy atom. The molecule has 0 heterocycles. The lowest BCUT2D eigenvalue weighted by molar-refractivity contribution is 0.159. The number of aliphatic hydroxyl groups is 1. The molecule has 0 radical (unpaired) electrons. The lowest BCUT2D eigenvalue weighted by Gasteiger charge is -2.14. The largest absolute Gasteiger partial charge is 0.496 e. The van der Waals surface area contributed by atoms with Crippen LogP contribution in [0.2, 0.25) is 0 Å². The fourth-order valence-corrected chi connectivity index (χ4v) is 2.22. The van der Waals surface area contributed by atoms with Crippen molar-refractivity contribution < 1.29 is 9.84 Å². The van der Waals surface area contributed by atoms with Crippen molar-refractivity contribution in [1.82, 2.24) is 0 Å². The third kappa shape index (κ3) is 5.09. The number of unbranched alkanes of at least 4 members (excludes halogenated alkanes) is 5. The van der Waals surface area contributed by atoms with E-state index in [4.69, 9.17) is 4.74 Å². The van der Waals surface area contributed by atoms with E-state index in [-0.39, 0.29) is 0 Å². The van der Waals surface area contributed by atoms with Crippen molar-refractivity contribution in [1.29, 1.82) is 0 Å². The molecule has 1 aromatic carbocycles. The van der Waals surface area contributed by atoms with E-state index in [0.29, 0.717) is 0 Å². The third-order valence-electron chi connectivity index (χ3n) is 3.33. The van der Waals surface area contributed by atoms with Gasteiger partial charge in [-0.2, -0.15) is 0 Å². The van der Waals surface area contributed by atoms with Crippen LogP contribution in [0.15, 0.2) is 24.3 Å². The Morgan fingerprint density at radius 3 is 2.44 bits per heavy atom. The lowest BCUT2D eigenvalue weighted by Crippen LogP contribution is -2.00. The standard InChI is InChI=1S/C16H26O2/c1-3-4-5-6-7-8-12-15(17)14-11-9-10-13-16(14)18-2/h9-11,13,15,17H,3-8,12H2,1-2H3. The van der Waals surface area contributed by atoms with Crippen LogP contribution in [0.3, 0.4) is 0 Å². The summed E-state index contributed by atoms with van der Waals surface area (Å²) in [4.78, 5) is 0. The van der Waals surface area contributed by atoms with E-state index >= 15 is 0 Å². The number of aliphatic hydroxyl groups excluding tert-OH is 1. The molecule has 2 nitrogen and oxygen atoms in total. The predicted molar refractivity (Wildman–Crippen MR) is 75.9 cm³/mol. The topological polar surface area (TPSA) is 29.5 Å². The van der Waals surface area contributed by atoms with Gasteiger partial charge in [-0.15, -0.1) is 0 Å². The molecule has 1 rings (SSSR count). The van der Waals surface area contributed by atoms with Crippen molar-refractivity contribution in [3.8, 4) is 5.75 Å². The first-order chi connectivity index (χ1) is 8.79. The van der Waals surface area contributed by atoms with Crippen molar-refractivity contribution in [3.05, 3.63) is 29.8 Å². The molecular weight excluding hydrogens is 224 g/mol. The highest BCUT2D eigenvalue weighted by Crippen LogP contribution is 2.28. The summed E-state index contributed by atoms with van der Waals surface area (Å²) < 4.78 is 5.27. The number of ether oxygens (including phenoxy) is 1. The zero-order chi connectivity index (χ0) is 13.2. The summed E-state index contributed by atoms with van der Waals surface area (Å²) in [6.45, 7) is 2.23. The van der Waals surface area contributed by atoms with Gasteiger partial charge in [-0.3, -0.25) is 0 Å². The molecular formula is C16H26O2. The summed E-state index contributed by atoms with van der Waals surface area (Å²) in [5.41, 5.74) is 0.911. The first-order valence-electron chi connectivity index (χ1n) is 7.10. The maximum absolute atomic E-state index is 10.2. The number of para-hydroxylation sites is 1. The second-order valence-electron chi connectivity index (χ2n) is 4.81. The molecule has 0 saturated heterocycles. The Bertz CT molecular complexity index is 323. The number of methoxy groups -OCH3 is 1. The second-order valence-corrected chi connectivity index (χ2v) is 4.81. The van der Waals surface area contributed by atoms with E-state index in [2.05, 4.69) is 6.92 Å². The van der Waals surface area contributed by atoms with Crippen molar-refractivity contribution in [3.63, 3.8) is 0 Å². The van der Waals surface area contributed by atoms with Crippen molar-refractivity contribution in [2.45, 2.75) is 58.0 Å². The molecule has 0 spiro atoms. The smallest absolute Gasteiger partial charge is 0.124 e. The number of benzene rings is 1. The predicted octanol–water partition coefficient (Wildman–Crippen LogP) is 4.48. The molecule has 102 valence electrons. The molecule has 0 saturated carbocycles. The van der Waals surface area contributed by atoms with Crippen molar-refractivity contribution >= 4 is 0 Å². The van der Waals surface area contributed by atoms with Gasteiger partial charge in [-0.25, -0.2) is 0 Å². The van der Waals surface area contributed by atoms with Gasteiger partial charge in [0.15, 0.2) is 0 Å². The van der Waals surface area contributed by atoms with Crippen LogP contribution in [-0.2, 0) is 0 Å². The Morgan fingerprint density at radius 2 is 1.72 bits per heavy atom. The molecule has 0 aromatic heterocycles. The summed E-state index contributed by atoms with van der Waals surface area (Å²) in [5.74, 6) is 0.788. The highest BCUT2D eigenvalue weighted by molar-refractivity contribution is 5.34. The first-order valence-corrected chi connectivity index (χ1v) is 7.10. The van der Waals surface area contributed by atoms with Crippen LogP contribution in [0.1, 0.15) is 63.5 Å². The fraction of sp³-hybridized carbons (Fsp3) is 0.625. The SMILES string of the molecule is CCCCCCCCC(O)c1ccccc1OC. The third-order valence-corrected chi connectivity index (χ3v) is 3.33. The van der Waals surface area contributed by atoms with Crippen molar-refractivity contribution in [2.75, 3.05) is 7.11 Å². The lowest BCUT2D eigenvalue weighted by atomic mass is 10.0. The van der Waals surface area contributed by atoms with E-state index in [1.54, 1.807) is 7.11 Å². The monoisotopic (exact) mass is 250 g/mol. The van der Waals surface area contributed by atoms with Gasteiger partial charge in [0.25, 0.3) is 0 Å². The molecule has 1 aromatic rings. The average molecular weight is 250 g/mol. The summed E-state index contributed by atoms with van der Waals surface area (Å²) in [5, 5.41) is 10.2. The van der Waals surface area contributed by atoms with Crippen LogP contribution in [0.5, 0.6) is 5.75 Å². The minimum Gasteiger partial charge on any atom is -0.496 e. The number of rotatable bonds is 9. The molecule has 1 atom stereocenters. The van der Waals surface area contributed by atoms with Crippen LogP contribution >= 0.6 is 0 Å². The average Bonchev–Trinajstić information content (AvgIpc) is 2.42. The molecule has 18 heavy (non-hydrogen) atoms. The Kier molecular flexibility index (Phi) is 7.51. The number of hydrogen-bond donors (Lipinski definition) is 1. The van der Waals surface area contributed by atoms with Gasteiger partial charge in [0.05, 0.1) is 13.2 Å². The zero-order valence-electron chi connectivity index (χ0n) is 11.7. The molecule has 0 aliphatic heterocycles. The maximum atomic E-state index is 10.2. The van der Waals surface area contributed by atoms with Gasteiger partial charge in [0.1, 0.15) is 5.75 Å². The van der Waals surface area contributed by atoms with E-state index in [0.717, 1.165) is 24.2 Å². The van der Waals surface area contributed by atoms with E-state index in [1.165, 1.54) is 32.1 Å². The summed E-state index contributed by atoms with van der Waals surface area (Å²) in [6, 6.07) is 7.72. The highest BCUT2D eigenvalue weighted by Gasteiger charge is 2.11. The van der Waals surface area contributed by atoms with Gasteiger partial charge < -0.3 is 9.84 Å². The van der Waals surface area contributed by atoms with Crippen LogP contribution in [0, 0.1) is 0 Å². The van der Waals surface area contributed by atoms with Crippen LogP contribution < -0.4 is 4.74 Å². The Hall–Kier alpha value is -1.02. The van der Waals surface area contributed by atoms with Crippen molar-refractivity contribution in [2.24, 2.45) is 0 Å². The fourth-order valence-electron chi connectivity index (χ4n) is 2.22. The first kappa shape index (κ1) is 15.0. The summed E-state index contributed by atoms with van der Waals surface area (Å²) in [6.07, 6.45) is 7.95. The maximum Gasteiger partial charge on any atom is 0.124 e. The van der Waals surface area contributed by atoms with Gasteiger partial charge >= 0.3 is 0 Å². The molecule has 0 bridgehead atoms. The molecule has 0 aliphatic carbocycles. The quantitative estimate of drug-likeness (QED) is 0.655. The highest BCUT2D eigenvalue weighted by atomic mass is 16.5. The zero-order valence-corrected chi connectivity index (χ0v) is 11.7. The minimum absolute atomic E-state index is 0.396. The van der Waals surface area contributed by atoms with E-state index < -0.39 is 6.10 Å². The molecule has 0 amide bonds. The van der Waals surface area contributed by atoms with E-state index in [9.17, 15) is 5.11 Å². The Balaban J connectivity index is 2.29.